The maximum absolute atomic E-state index is 13.9. The Bertz CT molecular complexity index is 2110. The first-order valence-corrected chi connectivity index (χ1v) is 16.2. The zero-order valence-electron chi connectivity index (χ0n) is 26.1. The number of hydrogen-bond acceptors (Lipinski definition) is 6. The van der Waals surface area contributed by atoms with Gasteiger partial charge >= 0.3 is 11.9 Å². The lowest BCUT2D eigenvalue weighted by atomic mass is 9.92. The van der Waals surface area contributed by atoms with E-state index in [0.29, 0.717) is 16.7 Å². The monoisotopic (exact) mass is 664 g/mol. The molecule has 0 aromatic heterocycles. The topological polar surface area (TPSA) is 153 Å². The summed E-state index contributed by atoms with van der Waals surface area (Å²) in [7, 11) is -2.75. The first-order chi connectivity index (χ1) is 22.8. The van der Waals surface area contributed by atoms with Crippen molar-refractivity contribution in [2.75, 3.05) is 18.5 Å². The van der Waals surface area contributed by atoms with Crippen LogP contribution in [0.2, 0.25) is 0 Å². The maximum atomic E-state index is 13.9. The molecule has 0 unspecified atom stereocenters. The van der Waals surface area contributed by atoms with Gasteiger partial charge in [0.15, 0.2) is 0 Å². The molecule has 5 aromatic carbocycles. The van der Waals surface area contributed by atoms with Gasteiger partial charge in [-0.05, 0) is 77.2 Å². The van der Waals surface area contributed by atoms with Crippen LogP contribution in [-0.4, -0.2) is 59.5 Å². The lowest BCUT2D eigenvalue weighted by Crippen LogP contribution is -2.41. The highest BCUT2D eigenvalue weighted by atomic mass is 32.2. The van der Waals surface area contributed by atoms with E-state index in [1.807, 2.05) is 49.4 Å². The standard InChI is InChI=1S/C37H32N2O8S/c1-24-11-15-30(16-12-24)48(46,47)38(2)23-35(41)39(29-14-18-32(37(44)45)34(40)21-29)22-25-13-17-31(26-7-4-3-5-8-26)33(19-25)27-9-6-10-28(20-27)36(42)43/h3-21,40H,22-23H2,1-2H3,(H,42,43)(H,44,45). The van der Waals surface area contributed by atoms with Gasteiger partial charge in [-0.15, -0.1) is 0 Å². The number of sulfonamides is 1. The molecule has 0 aliphatic carbocycles. The number of anilines is 1. The molecule has 0 heterocycles. The van der Waals surface area contributed by atoms with Gasteiger partial charge in [-0.25, -0.2) is 18.0 Å². The fourth-order valence-corrected chi connectivity index (χ4v) is 6.36. The third-order valence-electron chi connectivity index (χ3n) is 7.84. The number of benzene rings is 5. The van der Waals surface area contributed by atoms with Gasteiger partial charge in [0, 0.05) is 18.8 Å². The summed E-state index contributed by atoms with van der Waals surface area (Å²) in [5, 5.41) is 29.6. The number of likely N-dealkylation sites (N-methyl/N-ethyl adjacent to an activating group) is 1. The third-order valence-corrected chi connectivity index (χ3v) is 9.66. The fourth-order valence-electron chi connectivity index (χ4n) is 5.24. The molecule has 5 aromatic rings. The number of nitrogens with zero attached hydrogens (tertiary/aromatic N) is 2. The summed E-state index contributed by atoms with van der Waals surface area (Å²) >= 11 is 0. The molecule has 10 nitrogen and oxygen atoms in total. The predicted octanol–water partition coefficient (Wildman–Crippen LogP) is 6.28. The number of amides is 1. The van der Waals surface area contributed by atoms with Crippen molar-refractivity contribution in [3.8, 4) is 28.0 Å². The summed E-state index contributed by atoms with van der Waals surface area (Å²) in [6.45, 7) is 1.17. The van der Waals surface area contributed by atoms with Crippen LogP contribution < -0.4 is 4.90 Å². The molecular formula is C37H32N2O8S. The van der Waals surface area contributed by atoms with Crippen molar-refractivity contribution in [2.24, 2.45) is 0 Å². The van der Waals surface area contributed by atoms with Crippen LogP contribution >= 0.6 is 0 Å². The number of aryl methyl sites for hydroxylation is 1. The van der Waals surface area contributed by atoms with Crippen molar-refractivity contribution in [2.45, 2.75) is 18.4 Å². The van der Waals surface area contributed by atoms with Crippen LogP contribution in [0.25, 0.3) is 22.3 Å². The summed E-state index contributed by atoms with van der Waals surface area (Å²) in [6, 6.07) is 31.4. The van der Waals surface area contributed by atoms with E-state index >= 15 is 0 Å². The van der Waals surface area contributed by atoms with E-state index in [-0.39, 0.29) is 28.3 Å². The average molecular weight is 665 g/mol. The van der Waals surface area contributed by atoms with Crippen LogP contribution in [0.15, 0.2) is 120 Å². The van der Waals surface area contributed by atoms with E-state index in [4.69, 9.17) is 0 Å². The van der Waals surface area contributed by atoms with E-state index in [0.717, 1.165) is 27.1 Å². The predicted molar refractivity (Wildman–Crippen MR) is 182 cm³/mol. The highest BCUT2D eigenvalue weighted by Gasteiger charge is 2.27. The Labute approximate surface area is 277 Å². The normalized spacial score (nSPS) is 11.3. The molecule has 1 amide bonds. The van der Waals surface area contributed by atoms with Crippen molar-refractivity contribution in [3.05, 3.63) is 138 Å². The van der Waals surface area contributed by atoms with Gasteiger partial charge in [0.25, 0.3) is 0 Å². The second-order valence-electron chi connectivity index (χ2n) is 11.2. The van der Waals surface area contributed by atoms with Gasteiger partial charge in [-0.3, -0.25) is 4.79 Å². The molecule has 0 atom stereocenters. The van der Waals surface area contributed by atoms with Crippen molar-refractivity contribution in [1.82, 2.24) is 4.31 Å². The van der Waals surface area contributed by atoms with E-state index < -0.39 is 40.2 Å². The molecular weight excluding hydrogens is 632 g/mol. The lowest BCUT2D eigenvalue weighted by Gasteiger charge is -2.26. The number of carbonyl (C=O) groups excluding carboxylic acids is 1. The minimum atomic E-state index is -4.04. The van der Waals surface area contributed by atoms with Gasteiger partial charge < -0.3 is 20.2 Å². The Morgan fingerprint density at radius 3 is 2.04 bits per heavy atom. The molecule has 244 valence electrons. The Morgan fingerprint density at radius 1 is 0.708 bits per heavy atom. The highest BCUT2D eigenvalue weighted by Crippen LogP contribution is 2.35. The van der Waals surface area contributed by atoms with Crippen LogP contribution in [0.4, 0.5) is 5.69 Å². The van der Waals surface area contributed by atoms with E-state index in [1.165, 1.54) is 42.3 Å². The van der Waals surface area contributed by atoms with Crippen LogP contribution in [0, 0.1) is 6.92 Å². The van der Waals surface area contributed by atoms with Crippen LogP contribution in [-0.2, 0) is 21.4 Å². The molecule has 0 radical (unpaired) electrons. The summed E-state index contributed by atoms with van der Waals surface area (Å²) in [5.74, 6) is -3.65. The average Bonchev–Trinajstić information content (AvgIpc) is 3.07. The minimum Gasteiger partial charge on any atom is -0.507 e. The lowest BCUT2D eigenvalue weighted by molar-refractivity contribution is -0.118. The van der Waals surface area contributed by atoms with Gasteiger partial charge in [-0.1, -0.05) is 72.3 Å². The van der Waals surface area contributed by atoms with E-state index in [9.17, 15) is 38.1 Å². The Balaban J connectivity index is 1.57. The molecule has 48 heavy (non-hydrogen) atoms. The Morgan fingerprint density at radius 2 is 1.40 bits per heavy atom. The Hall–Kier alpha value is -5.78. The number of phenols is 1. The highest BCUT2D eigenvalue weighted by molar-refractivity contribution is 7.89. The summed E-state index contributed by atoms with van der Waals surface area (Å²) in [6.07, 6.45) is 0. The maximum Gasteiger partial charge on any atom is 0.339 e. The third kappa shape index (κ3) is 7.27. The van der Waals surface area contributed by atoms with Crippen LogP contribution in [0.1, 0.15) is 31.8 Å². The SMILES string of the molecule is Cc1ccc(S(=O)(=O)N(C)CC(=O)N(Cc2ccc(-c3ccccc3)c(-c3cccc(C(=O)O)c3)c2)c2ccc(C(=O)O)c(O)c2)cc1. The largest absolute Gasteiger partial charge is 0.507 e. The molecule has 11 heteroatoms. The summed E-state index contributed by atoms with van der Waals surface area (Å²) in [4.78, 5) is 38.6. The van der Waals surface area contributed by atoms with E-state index in [2.05, 4.69) is 0 Å². The molecule has 5 rings (SSSR count). The Kier molecular flexibility index (Phi) is 9.74. The van der Waals surface area contributed by atoms with Gasteiger partial charge in [0.2, 0.25) is 15.9 Å². The summed E-state index contributed by atoms with van der Waals surface area (Å²) in [5.41, 5.74) is 4.36. The molecule has 0 saturated heterocycles. The van der Waals surface area contributed by atoms with Gasteiger partial charge in [-0.2, -0.15) is 4.31 Å². The number of hydrogen-bond donors (Lipinski definition) is 3. The van der Waals surface area contributed by atoms with Crippen molar-refractivity contribution >= 4 is 33.6 Å². The second kappa shape index (κ2) is 13.9. The number of carboxylic acids is 2. The molecule has 0 bridgehead atoms. The molecule has 0 fully saturated rings. The smallest absolute Gasteiger partial charge is 0.339 e. The quantitative estimate of drug-likeness (QED) is 0.149. The zero-order chi connectivity index (χ0) is 34.6. The van der Waals surface area contributed by atoms with Crippen molar-refractivity contribution in [1.29, 1.82) is 0 Å². The van der Waals surface area contributed by atoms with Crippen LogP contribution in [0.3, 0.4) is 0 Å². The van der Waals surface area contributed by atoms with E-state index in [1.54, 1.807) is 36.4 Å². The summed E-state index contributed by atoms with van der Waals surface area (Å²) < 4.78 is 27.6. The molecule has 3 N–H and O–H groups in total. The number of carboxylic acid groups (broad SMARTS) is 2. The molecule has 0 aliphatic rings. The van der Waals surface area contributed by atoms with Gasteiger partial charge in [0.1, 0.15) is 11.3 Å². The van der Waals surface area contributed by atoms with Crippen LogP contribution in [0.5, 0.6) is 5.75 Å². The zero-order valence-corrected chi connectivity index (χ0v) is 26.9. The molecule has 0 spiro atoms. The second-order valence-corrected chi connectivity index (χ2v) is 13.2. The number of aromatic carboxylic acids is 2. The minimum absolute atomic E-state index is 0.0168. The van der Waals surface area contributed by atoms with Gasteiger partial charge in [0.05, 0.1) is 23.5 Å². The first kappa shape index (κ1) is 33.6. The fraction of sp³-hybridized carbons (Fsp3) is 0.108. The molecule has 0 saturated carbocycles. The molecule has 0 aliphatic heterocycles. The van der Waals surface area contributed by atoms with Crippen molar-refractivity contribution < 1.29 is 38.1 Å². The van der Waals surface area contributed by atoms with Crippen molar-refractivity contribution in [3.63, 3.8) is 0 Å². The first-order valence-electron chi connectivity index (χ1n) is 14.8. The number of carbonyl (C=O) groups is 3. The number of aromatic hydroxyl groups is 1. The number of rotatable bonds is 11.